The second-order valence-electron chi connectivity index (χ2n) is 5.88. The molecule has 0 radical (unpaired) electrons. The summed E-state index contributed by atoms with van der Waals surface area (Å²) in [6.45, 7) is 1.46. The molecule has 1 atom stereocenters. The zero-order chi connectivity index (χ0) is 19.8. The molecule has 0 unspecified atom stereocenters. The van der Waals surface area contributed by atoms with Crippen molar-refractivity contribution in [2.24, 2.45) is 0 Å². The minimum Gasteiger partial charge on any atom is -0.497 e. The Kier molecular flexibility index (Phi) is 7.16. The fourth-order valence-electron chi connectivity index (χ4n) is 2.50. The van der Waals surface area contributed by atoms with Crippen molar-refractivity contribution in [1.82, 2.24) is 10.2 Å². The van der Waals surface area contributed by atoms with Crippen LogP contribution in [0, 0.1) is 5.82 Å². The molecule has 2 aromatic rings. The van der Waals surface area contributed by atoms with Gasteiger partial charge in [-0.25, -0.2) is 4.39 Å². The lowest BCUT2D eigenvalue weighted by molar-refractivity contribution is -0.142. The third-order valence-corrected chi connectivity index (χ3v) is 4.11. The average molecular weight is 374 g/mol. The molecule has 0 bridgehead atoms. The largest absolute Gasteiger partial charge is 0.497 e. The molecule has 1 N–H and O–H groups in total. The van der Waals surface area contributed by atoms with E-state index in [0.717, 1.165) is 5.56 Å². The van der Waals surface area contributed by atoms with Crippen molar-refractivity contribution in [3.63, 3.8) is 0 Å². The van der Waals surface area contributed by atoms with E-state index in [1.165, 1.54) is 30.1 Å². The van der Waals surface area contributed by atoms with Crippen LogP contribution in [0.2, 0.25) is 0 Å². The first-order valence-electron chi connectivity index (χ1n) is 8.47. The van der Waals surface area contributed by atoms with E-state index >= 15 is 0 Å². The van der Waals surface area contributed by atoms with Gasteiger partial charge in [0.25, 0.3) is 5.91 Å². The van der Waals surface area contributed by atoms with Gasteiger partial charge in [0.1, 0.15) is 11.8 Å². The normalized spacial score (nSPS) is 11.4. The number of benzene rings is 2. The molecule has 2 aromatic carbocycles. The summed E-state index contributed by atoms with van der Waals surface area (Å²) in [5.41, 5.74) is 0.825. The maximum atomic E-state index is 13.7. The molecule has 0 spiro atoms. The number of likely N-dealkylation sites (N-methyl/N-ethyl adjacent to an activating group) is 1. The number of amides is 2. The van der Waals surface area contributed by atoms with Gasteiger partial charge in [-0.05, 0) is 36.8 Å². The monoisotopic (exact) mass is 374 g/mol. The van der Waals surface area contributed by atoms with Crippen LogP contribution in [0.3, 0.4) is 0 Å². The van der Waals surface area contributed by atoms with Crippen molar-refractivity contribution in [3.05, 3.63) is 59.9 Å². The molecule has 2 amide bonds. The minimum atomic E-state index is -0.714. The van der Waals surface area contributed by atoms with E-state index in [1.807, 2.05) is 12.1 Å². The van der Waals surface area contributed by atoms with Crippen molar-refractivity contribution in [2.45, 2.75) is 19.5 Å². The van der Waals surface area contributed by atoms with Crippen LogP contribution in [0.1, 0.15) is 12.5 Å². The lowest BCUT2D eigenvalue weighted by Gasteiger charge is -2.28. The third-order valence-electron chi connectivity index (χ3n) is 4.11. The van der Waals surface area contributed by atoms with Crippen LogP contribution in [0.25, 0.3) is 0 Å². The van der Waals surface area contributed by atoms with E-state index in [1.54, 1.807) is 32.2 Å². The van der Waals surface area contributed by atoms with Crippen LogP contribution in [0.15, 0.2) is 48.5 Å². The summed E-state index contributed by atoms with van der Waals surface area (Å²) in [4.78, 5) is 26.1. The van der Waals surface area contributed by atoms with Crippen LogP contribution in [0.5, 0.6) is 11.5 Å². The van der Waals surface area contributed by atoms with Crippen LogP contribution < -0.4 is 14.8 Å². The van der Waals surface area contributed by atoms with E-state index in [0.29, 0.717) is 5.75 Å². The molecule has 7 heteroatoms. The van der Waals surface area contributed by atoms with Crippen LogP contribution in [-0.4, -0.2) is 43.5 Å². The molecule has 0 saturated heterocycles. The second-order valence-corrected chi connectivity index (χ2v) is 5.88. The molecule has 0 fully saturated rings. The summed E-state index contributed by atoms with van der Waals surface area (Å²) in [7, 11) is 3.07. The van der Waals surface area contributed by atoms with Gasteiger partial charge in [0, 0.05) is 13.6 Å². The van der Waals surface area contributed by atoms with Gasteiger partial charge in [-0.3, -0.25) is 9.59 Å². The highest BCUT2D eigenvalue weighted by atomic mass is 19.1. The zero-order valence-corrected chi connectivity index (χ0v) is 15.6. The first-order chi connectivity index (χ1) is 13.0. The van der Waals surface area contributed by atoms with Gasteiger partial charge in [0.2, 0.25) is 5.91 Å². The van der Waals surface area contributed by atoms with E-state index in [2.05, 4.69) is 5.32 Å². The summed E-state index contributed by atoms with van der Waals surface area (Å²) in [6.07, 6.45) is 0. The molecular weight excluding hydrogens is 351 g/mol. The second kappa shape index (κ2) is 9.56. The van der Waals surface area contributed by atoms with Crippen molar-refractivity contribution in [2.75, 3.05) is 20.8 Å². The van der Waals surface area contributed by atoms with E-state index in [-0.39, 0.29) is 24.8 Å². The Hall–Kier alpha value is -3.09. The number of carbonyl (C=O) groups excluding carboxylic acids is 2. The topological polar surface area (TPSA) is 67.9 Å². The summed E-state index contributed by atoms with van der Waals surface area (Å²) >= 11 is 0. The number of carbonyl (C=O) groups is 2. The van der Waals surface area contributed by atoms with Crippen LogP contribution in [0.4, 0.5) is 4.39 Å². The quantitative estimate of drug-likeness (QED) is 0.770. The molecule has 0 heterocycles. The number of nitrogens with one attached hydrogen (secondary N) is 1. The van der Waals surface area contributed by atoms with Crippen molar-refractivity contribution in [3.8, 4) is 11.5 Å². The summed E-state index contributed by atoms with van der Waals surface area (Å²) in [5, 5.41) is 2.53. The lowest BCUT2D eigenvalue weighted by Crippen LogP contribution is -2.48. The molecule has 0 aliphatic carbocycles. The van der Waals surface area contributed by atoms with Crippen molar-refractivity contribution >= 4 is 11.8 Å². The Morgan fingerprint density at radius 1 is 1.15 bits per heavy atom. The van der Waals surface area contributed by atoms with Gasteiger partial charge in [-0.2, -0.15) is 0 Å². The number of para-hydroxylation sites is 1. The molecule has 2 rings (SSSR count). The molecule has 0 aliphatic heterocycles. The summed E-state index contributed by atoms with van der Waals surface area (Å²) in [6, 6.07) is 12.3. The van der Waals surface area contributed by atoms with Gasteiger partial charge in [0.15, 0.2) is 18.2 Å². The average Bonchev–Trinajstić information content (AvgIpc) is 2.70. The predicted molar refractivity (Wildman–Crippen MR) is 99.0 cm³/mol. The van der Waals surface area contributed by atoms with E-state index in [4.69, 9.17) is 9.47 Å². The Morgan fingerprint density at radius 2 is 1.81 bits per heavy atom. The summed E-state index contributed by atoms with van der Waals surface area (Å²) < 4.78 is 24.1. The molecule has 6 nitrogen and oxygen atoms in total. The van der Waals surface area contributed by atoms with Gasteiger partial charge < -0.3 is 19.7 Å². The molecule has 0 saturated carbocycles. The zero-order valence-electron chi connectivity index (χ0n) is 15.6. The van der Waals surface area contributed by atoms with Gasteiger partial charge in [-0.1, -0.05) is 24.3 Å². The highest BCUT2D eigenvalue weighted by molar-refractivity contribution is 5.87. The maximum Gasteiger partial charge on any atom is 0.261 e. The third kappa shape index (κ3) is 5.44. The standard InChI is InChI=1S/C20H23FN2O4/c1-14(20(25)22-2)23(12-15-8-10-16(26-3)11-9-15)19(24)13-27-18-7-5-4-6-17(18)21/h4-11,14H,12-13H2,1-3H3,(H,22,25)/t14-/m0/s1. The molecule has 27 heavy (non-hydrogen) atoms. The fourth-order valence-corrected chi connectivity index (χ4v) is 2.50. The van der Waals surface area contributed by atoms with Crippen LogP contribution >= 0.6 is 0 Å². The number of methoxy groups -OCH3 is 1. The predicted octanol–water partition coefficient (Wildman–Crippen LogP) is 2.38. The first kappa shape index (κ1) is 20.2. The van der Waals surface area contributed by atoms with Crippen LogP contribution in [-0.2, 0) is 16.1 Å². The number of ether oxygens (including phenoxy) is 2. The number of nitrogens with zero attached hydrogens (tertiary/aromatic N) is 1. The Morgan fingerprint density at radius 3 is 2.41 bits per heavy atom. The number of rotatable bonds is 8. The smallest absolute Gasteiger partial charge is 0.261 e. The lowest BCUT2D eigenvalue weighted by atomic mass is 10.1. The van der Waals surface area contributed by atoms with E-state index in [9.17, 15) is 14.0 Å². The highest BCUT2D eigenvalue weighted by Gasteiger charge is 2.26. The van der Waals surface area contributed by atoms with Gasteiger partial charge >= 0.3 is 0 Å². The van der Waals surface area contributed by atoms with Gasteiger partial charge in [-0.15, -0.1) is 0 Å². The Labute approximate surface area is 157 Å². The highest BCUT2D eigenvalue weighted by Crippen LogP contribution is 2.17. The number of hydrogen-bond donors (Lipinski definition) is 1. The fraction of sp³-hybridized carbons (Fsp3) is 0.300. The maximum absolute atomic E-state index is 13.7. The Balaban J connectivity index is 2.13. The summed E-state index contributed by atoms with van der Waals surface area (Å²) in [5.74, 6) is -0.596. The minimum absolute atomic E-state index is 0.0113. The van der Waals surface area contributed by atoms with Crippen molar-refractivity contribution < 1.29 is 23.5 Å². The SMILES string of the molecule is CNC(=O)[C@H](C)N(Cc1ccc(OC)cc1)C(=O)COc1ccccc1F. The van der Waals surface area contributed by atoms with Crippen molar-refractivity contribution in [1.29, 1.82) is 0 Å². The first-order valence-corrected chi connectivity index (χ1v) is 8.47. The number of hydrogen-bond acceptors (Lipinski definition) is 4. The molecule has 0 aliphatic rings. The number of halogens is 1. The van der Waals surface area contributed by atoms with E-state index < -0.39 is 17.8 Å². The van der Waals surface area contributed by atoms with Gasteiger partial charge in [0.05, 0.1) is 7.11 Å². The molecule has 144 valence electrons. The molecule has 0 aromatic heterocycles. The Bertz CT molecular complexity index is 780. The molecular formula is C20H23FN2O4.